The summed E-state index contributed by atoms with van der Waals surface area (Å²) in [6, 6.07) is 5.97. The van der Waals surface area contributed by atoms with E-state index in [9.17, 15) is 4.79 Å². The van der Waals surface area contributed by atoms with Crippen LogP contribution in [0.15, 0.2) is 41.2 Å². The smallest absolute Gasteiger partial charge is 0.247 e. The highest BCUT2D eigenvalue weighted by Gasteiger charge is 2.32. The number of carbonyl (C=O) groups excluding carboxylic acids is 1. The number of halogens is 1. The van der Waals surface area contributed by atoms with Crippen LogP contribution in [0.25, 0.3) is 16.9 Å². The summed E-state index contributed by atoms with van der Waals surface area (Å²) in [5.74, 6) is 0.742. The lowest BCUT2D eigenvalue weighted by molar-refractivity contribution is 0.112. The highest BCUT2D eigenvalue weighted by molar-refractivity contribution is 6.30. The van der Waals surface area contributed by atoms with Gasteiger partial charge in [0.2, 0.25) is 11.6 Å². The van der Waals surface area contributed by atoms with Crippen LogP contribution in [0.4, 0.5) is 5.69 Å². The Kier molecular flexibility index (Phi) is 4.94. The summed E-state index contributed by atoms with van der Waals surface area (Å²) >= 11 is 6.05. The molecule has 1 aromatic carbocycles. The van der Waals surface area contributed by atoms with Crippen molar-refractivity contribution in [2.75, 3.05) is 11.4 Å². The van der Waals surface area contributed by atoms with Crippen molar-refractivity contribution in [3.8, 4) is 5.69 Å². The second-order valence-corrected chi connectivity index (χ2v) is 8.40. The molecule has 1 fully saturated rings. The predicted molar refractivity (Wildman–Crippen MR) is 117 cm³/mol. The number of hydrogen-bond donors (Lipinski definition) is 0. The van der Waals surface area contributed by atoms with E-state index in [2.05, 4.69) is 38.1 Å². The van der Waals surface area contributed by atoms with Gasteiger partial charge in [-0.3, -0.25) is 4.79 Å². The van der Waals surface area contributed by atoms with Crippen molar-refractivity contribution in [2.24, 2.45) is 0 Å². The molecule has 0 bridgehead atoms. The zero-order valence-electron chi connectivity index (χ0n) is 17.2. The van der Waals surface area contributed by atoms with E-state index in [1.165, 1.54) is 4.80 Å². The van der Waals surface area contributed by atoms with Gasteiger partial charge >= 0.3 is 0 Å². The average molecular weight is 437 g/mol. The van der Waals surface area contributed by atoms with Crippen molar-refractivity contribution >= 4 is 34.8 Å². The molecule has 4 heterocycles. The Hall–Kier alpha value is -3.26. The summed E-state index contributed by atoms with van der Waals surface area (Å²) in [6.45, 7) is 4.86. The lowest BCUT2D eigenvalue weighted by atomic mass is 9.92. The molecule has 0 N–H and O–H groups in total. The number of rotatable bonds is 4. The third kappa shape index (κ3) is 3.57. The molecule has 0 aliphatic carbocycles. The molecule has 8 nitrogen and oxygen atoms in total. The Morgan fingerprint density at radius 1 is 1.19 bits per heavy atom. The molecule has 1 saturated heterocycles. The van der Waals surface area contributed by atoms with E-state index < -0.39 is 0 Å². The van der Waals surface area contributed by atoms with Gasteiger partial charge in [-0.25, -0.2) is 9.97 Å². The number of benzene rings is 1. The van der Waals surface area contributed by atoms with E-state index in [-0.39, 0.29) is 12.0 Å². The molecule has 5 rings (SSSR count). The molecule has 0 amide bonds. The van der Waals surface area contributed by atoms with Crippen LogP contribution in [0.1, 0.15) is 47.5 Å². The number of carbonyl (C=O) groups is 1. The first kappa shape index (κ1) is 19.7. The van der Waals surface area contributed by atoms with Crippen LogP contribution in [-0.4, -0.2) is 43.8 Å². The van der Waals surface area contributed by atoms with E-state index in [4.69, 9.17) is 16.0 Å². The normalized spacial score (nSPS) is 19.1. The summed E-state index contributed by atoms with van der Waals surface area (Å²) in [7, 11) is 0. The van der Waals surface area contributed by atoms with Gasteiger partial charge in [0.1, 0.15) is 11.2 Å². The standard InChI is InChI=1S/C22H21ClN6O2/c1-13-7-16(12-30)20(29-25-5-6-26-29)19(8-13)28-11-15(4-3-14(28)2)21-27-18-9-17(23)10-24-22(18)31-21/h5-10,12,14-15H,3-4,11H2,1-2H3/t14-,15-/m1/s1. The van der Waals surface area contributed by atoms with Gasteiger partial charge < -0.3 is 9.32 Å². The van der Waals surface area contributed by atoms with Crippen LogP contribution in [0.5, 0.6) is 0 Å². The van der Waals surface area contributed by atoms with Crippen LogP contribution in [0, 0.1) is 6.92 Å². The van der Waals surface area contributed by atoms with Crippen LogP contribution in [0.2, 0.25) is 5.02 Å². The van der Waals surface area contributed by atoms with E-state index in [0.29, 0.717) is 39.9 Å². The molecule has 0 unspecified atom stereocenters. The fourth-order valence-electron chi connectivity index (χ4n) is 4.28. The van der Waals surface area contributed by atoms with Crippen molar-refractivity contribution in [3.05, 3.63) is 58.8 Å². The second-order valence-electron chi connectivity index (χ2n) is 7.96. The molecule has 4 aromatic rings. The molecule has 2 atom stereocenters. The fraction of sp³-hybridized carbons (Fsp3) is 0.318. The van der Waals surface area contributed by atoms with Crippen molar-refractivity contribution in [1.82, 2.24) is 25.0 Å². The minimum atomic E-state index is 0.0859. The second kappa shape index (κ2) is 7.77. The zero-order valence-corrected chi connectivity index (χ0v) is 18.0. The SMILES string of the molecule is Cc1cc(C=O)c(-n2nccn2)c(N2C[C@H](c3nc4cc(Cl)cnc4o3)CC[C@H]2C)c1. The first-order valence-electron chi connectivity index (χ1n) is 10.2. The molecule has 3 aromatic heterocycles. The number of hydrogen-bond acceptors (Lipinski definition) is 7. The Morgan fingerprint density at radius 3 is 2.77 bits per heavy atom. The number of nitrogens with zero attached hydrogens (tertiary/aromatic N) is 6. The summed E-state index contributed by atoms with van der Waals surface area (Å²) in [4.78, 5) is 24.6. The summed E-state index contributed by atoms with van der Waals surface area (Å²) < 4.78 is 5.96. The largest absolute Gasteiger partial charge is 0.422 e. The van der Waals surface area contributed by atoms with Gasteiger partial charge in [0, 0.05) is 24.3 Å². The van der Waals surface area contributed by atoms with Gasteiger partial charge in [-0.2, -0.15) is 10.2 Å². The van der Waals surface area contributed by atoms with Gasteiger partial charge in [0.25, 0.3) is 0 Å². The van der Waals surface area contributed by atoms with Crippen LogP contribution < -0.4 is 4.90 Å². The highest BCUT2D eigenvalue weighted by Crippen LogP contribution is 2.37. The number of aryl methyl sites for hydroxylation is 1. The third-order valence-corrected chi connectivity index (χ3v) is 5.99. The quantitative estimate of drug-likeness (QED) is 0.439. The third-order valence-electron chi connectivity index (χ3n) is 5.78. The maximum Gasteiger partial charge on any atom is 0.247 e. The zero-order chi connectivity index (χ0) is 21.5. The van der Waals surface area contributed by atoms with Gasteiger partial charge in [-0.05, 0) is 50.5 Å². The summed E-state index contributed by atoms with van der Waals surface area (Å²) in [5, 5.41) is 9.11. The molecule has 1 aliphatic heterocycles. The first-order valence-corrected chi connectivity index (χ1v) is 10.6. The highest BCUT2D eigenvalue weighted by atomic mass is 35.5. The first-order chi connectivity index (χ1) is 15.0. The van der Waals surface area contributed by atoms with Crippen LogP contribution in [0.3, 0.4) is 0 Å². The summed E-state index contributed by atoms with van der Waals surface area (Å²) in [5.41, 5.74) is 4.32. The fourth-order valence-corrected chi connectivity index (χ4v) is 4.43. The van der Waals surface area contributed by atoms with Crippen LogP contribution in [-0.2, 0) is 0 Å². The molecule has 0 radical (unpaired) electrons. The number of piperidine rings is 1. The van der Waals surface area contributed by atoms with Gasteiger partial charge in [0.05, 0.1) is 29.0 Å². The van der Waals surface area contributed by atoms with E-state index in [0.717, 1.165) is 30.4 Å². The molecular weight excluding hydrogens is 416 g/mol. The number of fused-ring (bicyclic) bond motifs is 1. The molecule has 158 valence electrons. The van der Waals surface area contributed by atoms with Gasteiger partial charge in [-0.1, -0.05) is 11.6 Å². The lowest BCUT2D eigenvalue weighted by Gasteiger charge is -2.39. The maximum absolute atomic E-state index is 11.9. The average Bonchev–Trinajstić information content (AvgIpc) is 3.43. The summed E-state index contributed by atoms with van der Waals surface area (Å²) in [6.07, 6.45) is 7.53. The number of oxazole rings is 1. The maximum atomic E-state index is 11.9. The van der Waals surface area contributed by atoms with Crippen molar-refractivity contribution < 1.29 is 9.21 Å². The molecule has 0 spiro atoms. The lowest BCUT2D eigenvalue weighted by Crippen LogP contribution is -2.42. The molecular formula is C22H21ClN6O2. The predicted octanol–water partition coefficient (Wildman–Crippen LogP) is 4.35. The molecule has 9 heteroatoms. The molecule has 1 aliphatic rings. The van der Waals surface area contributed by atoms with Crippen LogP contribution >= 0.6 is 11.6 Å². The number of aromatic nitrogens is 5. The van der Waals surface area contributed by atoms with Gasteiger partial charge in [-0.15, -0.1) is 4.80 Å². The number of anilines is 1. The minimum absolute atomic E-state index is 0.0859. The van der Waals surface area contributed by atoms with E-state index in [1.807, 2.05) is 13.0 Å². The topological polar surface area (TPSA) is 89.9 Å². The monoisotopic (exact) mass is 436 g/mol. The van der Waals surface area contributed by atoms with E-state index >= 15 is 0 Å². The van der Waals surface area contributed by atoms with Crippen molar-refractivity contribution in [1.29, 1.82) is 0 Å². The van der Waals surface area contributed by atoms with Crippen molar-refractivity contribution in [3.63, 3.8) is 0 Å². The Labute approximate surface area is 183 Å². The Balaban J connectivity index is 1.56. The minimum Gasteiger partial charge on any atom is -0.422 e. The van der Waals surface area contributed by atoms with Crippen molar-refractivity contribution in [2.45, 2.75) is 38.6 Å². The number of pyridine rings is 1. The number of aldehydes is 1. The Bertz CT molecular complexity index is 1250. The van der Waals surface area contributed by atoms with E-state index in [1.54, 1.807) is 24.7 Å². The molecule has 31 heavy (non-hydrogen) atoms. The Morgan fingerprint density at radius 2 is 2.00 bits per heavy atom. The molecule has 0 saturated carbocycles. The van der Waals surface area contributed by atoms with Gasteiger partial charge in [0.15, 0.2) is 6.29 Å².